The molecule has 0 saturated heterocycles. The number of allylic oxidation sites excluding steroid dienone is 10. The minimum absolute atomic E-state index is 0.0829. The van der Waals surface area contributed by atoms with Gasteiger partial charge in [-0.15, -0.1) is 0 Å². The highest BCUT2D eigenvalue weighted by molar-refractivity contribution is 5.71. The monoisotopic (exact) mass is 979 g/mol. The summed E-state index contributed by atoms with van der Waals surface area (Å²) in [5.41, 5.74) is 0. The molecule has 1 unspecified atom stereocenters. The molecule has 0 bridgehead atoms. The van der Waals surface area contributed by atoms with Crippen LogP contribution in [-0.2, 0) is 28.6 Å². The summed E-state index contributed by atoms with van der Waals surface area (Å²) >= 11 is 0. The summed E-state index contributed by atoms with van der Waals surface area (Å²) in [6.45, 7) is 6.52. The molecule has 0 aliphatic heterocycles. The Bertz CT molecular complexity index is 1260. The summed E-state index contributed by atoms with van der Waals surface area (Å²) < 4.78 is 16.9. The Labute approximate surface area is 434 Å². The lowest BCUT2D eigenvalue weighted by atomic mass is 10.0. The Morgan fingerprint density at radius 2 is 0.557 bits per heavy atom. The topological polar surface area (TPSA) is 78.9 Å². The molecule has 0 aromatic rings. The van der Waals surface area contributed by atoms with E-state index >= 15 is 0 Å². The predicted octanol–water partition coefficient (Wildman–Crippen LogP) is 20.4. The van der Waals surface area contributed by atoms with Crippen LogP contribution in [0.2, 0.25) is 0 Å². The highest BCUT2D eigenvalue weighted by Gasteiger charge is 2.19. The highest BCUT2D eigenvalue weighted by atomic mass is 16.6. The van der Waals surface area contributed by atoms with E-state index in [2.05, 4.69) is 81.5 Å². The molecule has 0 aromatic heterocycles. The fraction of sp³-hybridized carbons (Fsp3) is 0.797. The first-order chi connectivity index (χ1) is 34.5. The Balaban J connectivity index is 4.35. The van der Waals surface area contributed by atoms with Crippen LogP contribution in [-0.4, -0.2) is 37.2 Å². The highest BCUT2D eigenvalue weighted by Crippen LogP contribution is 2.17. The third-order valence-corrected chi connectivity index (χ3v) is 13.3. The molecule has 0 saturated carbocycles. The lowest BCUT2D eigenvalue weighted by Gasteiger charge is -2.18. The van der Waals surface area contributed by atoms with Crippen LogP contribution in [0.1, 0.15) is 310 Å². The zero-order chi connectivity index (χ0) is 50.7. The van der Waals surface area contributed by atoms with Crippen LogP contribution in [0, 0.1) is 0 Å². The minimum atomic E-state index is -0.788. The molecule has 0 aliphatic carbocycles. The first-order valence-corrected chi connectivity index (χ1v) is 30.3. The van der Waals surface area contributed by atoms with E-state index in [4.69, 9.17) is 14.2 Å². The molecule has 0 rings (SSSR count). The van der Waals surface area contributed by atoms with Crippen LogP contribution >= 0.6 is 0 Å². The summed E-state index contributed by atoms with van der Waals surface area (Å²) in [6.07, 6.45) is 73.6. The Hall–Kier alpha value is -2.89. The van der Waals surface area contributed by atoms with Crippen LogP contribution in [0.5, 0.6) is 0 Å². The fourth-order valence-electron chi connectivity index (χ4n) is 8.72. The van der Waals surface area contributed by atoms with Gasteiger partial charge in [-0.2, -0.15) is 0 Å². The number of rotatable bonds is 55. The van der Waals surface area contributed by atoms with E-state index in [1.54, 1.807) is 0 Å². The van der Waals surface area contributed by atoms with Gasteiger partial charge < -0.3 is 14.2 Å². The van der Waals surface area contributed by atoms with Gasteiger partial charge >= 0.3 is 17.9 Å². The lowest BCUT2D eigenvalue weighted by molar-refractivity contribution is -0.167. The van der Waals surface area contributed by atoms with Gasteiger partial charge in [-0.3, -0.25) is 14.4 Å². The summed E-state index contributed by atoms with van der Waals surface area (Å²) in [6, 6.07) is 0. The van der Waals surface area contributed by atoms with Crippen molar-refractivity contribution in [2.24, 2.45) is 0 Å². The number of unbranched alkanes of at least 4 members (excludes halogenated alkanes) is 34. The van der Waals surface area contributed by atoms with E-state index in [-0.39, 0.29) is 31.1 Å². The molecule has 70 heavy (non-hydrogen) atoms. The maximum absolute atomic E-state index is 12.9. The second-order valence-electron chi connectivity index (χ2n) is 20.2. The van der Waals surface area contributed by atoms with Crippen molar-refractivity contribution in [1.82, 2.24) is 0 Å². The summed E-state index contributed by atoms with van der Waals surface area (Å²) in [7, 11) is 0. The van der Waals surface area contributed by atoms with Gasteiger partial charge in [-0.25, -0.2) is 0 Å². The van der Waals surface area contributed by atoms with Crippen LogP contribution < -0.4 is 0 Å². The van der Waals surface area contributed by atoms with Gasteiger partial charge in [0.05, 0.1) is 0 Å². The second kappa shape index (κ2) is 58.7. The van der Waals surface area contributed by atoms with E-state index in [1.165, 1.54) is 148 Å². The molecule has 0 amide bonds. The summed E-state index contributed by atoms with van der Waals surface area (Å²) in [5.74, 6) is -0.900. The first kappa shape index (κ1) is 67.1. The largest absolute Gasteiger partial charge is 0.462 e. The average molecular weight is 980 g/mol. The number of carbonyl (C=O) groups excluding carboxylic acids is 3. The van der Waals surface area contributed by atoms with E-state index < -0.39 is 6.10 Å². The van der Waals surface area contributed by atoms with E-state index in [1.807, 2.05) is 0 Å². The van der Waals surface area contributed by atoms with Crippen molar-refractivity contribution in [2.75, 3.05) is 13.2 Å². The van der Waals surface area contributed by atoms with E-state index in [0.717, 1.165) is 122 Å². The predicted molar refractivity (Wildman–Crippen MR) is 302 cm³/mol. The van der Waals surface area contributed by atoms with Crippen LogP contribution in [0.15, 0.2) is 60.8 Å². The third kappa shape index (κ3) is 56.0. The third-order valence-electron chi connectivity index (χ3n) is 13.3. The lowest BCUT2D eigenvalue weighted by Crippen LogP contribution is -2.30. The molecule has 0 radical (unpaired) electrons. The Morgan fingerprint density at radius 3 is 0.886 bits per heavy atom. The van der Waals surface area contributed by atoms with Crippen molar-refractivity contribution in [1.29, 1.82) is 0 Å². The molecule has 0 spiro atoms. The molecule has 0 aliphatic rings. The van der Waals surface area contributed by atoms with Crippen LogP contribution in [0.4, 0.5) is 0 Å². The van der Waals surface area contributed by atoms with Crippen LogP contribution in [0.25, 0.3) is 0 Å². The van der Waals surface area contributed by atoms with Crippen molar-refractivity contribution in [2.45, 2.75) is 316 Å². The molecule has 6 heteroatoms. The Kier molecular flexibility index (Phi) is 56.3. The molecular weight excluding hydrogens is 865 g/mol. The number of hydrogen-bond donors (Lipinski definition) is 0. The van der Waals surface area contributed by atoms with Crippen molar-refractivity contribution in [3.8, 4) is 0 Å². The number of esters is 3. The van der Waals surface area contributed by atoms with Gasteiger partial charge in [0, 0.05) is 19.3 Å². The average Bonchev–Trinajstić information content (AvgIpc) is 3.36. The quantitative estimate of drug-likeness (QED) is 0.0261. The zero-order valence-corrected chi connectivity index (χ0v) is 46.5. The molecule has 6 nitrogen and oxygen atoms in total. The molecule has 0 heterocycles. The maximum atomic E-state index is 12.9. The number of hydrogen-bond acceptors (Lipinski definition) is 6. The smallest absolute Gasteiger partial charge is 0.306 e. The van der Waals surface area contributed by atoms with Crippen molar-refractivity contribution in [3.63, 3.8) is 0 Å². The van der Waals surface area contributed by atoms with Gasteiger partial charge in [0.15, 0.2) is 6.10 Å². The molecule has 1 atom stereocenters. The molecule has 0 aromatic carbocycles. The molecule has 0 fully saturated rings. The number of carbonyl (C=O) groups is 3. The minimum Gasteiger partial charge on any atom is -0.462 e. The van der Waals surface area contributed by atoms with Crippen LogP contribution in [0.3, 0.4) is 0 Å². The normalized spacial score (nSPS) is 12.4. The van der Waals surface area contributed by atoms with Gasteiger partial charge in [-0.05, 0) is 83.5 Å². The number of ether oxygens (including phenoxy) is 3. The van der Waals surface area contributed by atoms with Crippen molar-refractivity contribution >= 4 is 17.9 Å². The summed E-state index contributed by atoms with van der Waals surface area (Å²) in [4.78, 5) is 38.2. The molecule has 0 N–H and O–H groups in total. The Morgan fingerprint density at radius 1 is 0.300 bits per heavy atom. The first-order valence-electron chi connectivity index (χ1n) is 30.3. The maximum Gasteiger partial charge on any atom is 0.306 e. The van der Waals surface area contributed by atoms with Gasteiger partial charge in [0.1, 0.15) is 13.2 Å². The van der Waals surface area contributed by atoms with Gasteiger partial charge in [0.2, 0.25) is 0 Å². The SMILES string of the molecule is CC/C=C\C/C=C\C/C=C\CCCCCCCC(=O)OCC(COC(=O)CCCCCCCCCCCCCCCCCCCCCCC)OC(=O)CCCCCCC/C=C\C/C=C\CCCCCC. The molecule has 406 valence electrons. The van der Waals surface area contributed by atoms with Gasteiger partial charge in [0.25, 0.3) is 0 Å². The zero-order valence-electron chi connectivity index (χ0n) is 46.5. The van der Waals surface area contributed by atoms with Gasteiger partial charge in [-0.1, -0.05) is 268 Å². The standard InChI is InChI=1S/C64H114O6/c1-4-7-10-13-16-19-22-25-28-30-31-32-33-34-37-39-42-45-48-51-54-57-63(66)69-60-61(59-68-62(65)56-53-50-47-44-41-38-35-27-24-21-18-15-12-9-6-3)70-64(67)58-55-52-49-46-43-40-36-29-26-23-20-17-14-11-8-5-2/h9,12,18,20-21,23,27,29,35-36,61H,4-8,10-11,13-17,19,22,24-26,28,30-34,37-60H2,1-3H3/b12-9-,21-18-,23-20-,35-27-,36-29-. The molecular formula is C64H114O6. The van der Waals surface area contributed by atoms with E-state index in [9.17, 15) is 14.4 Å². The summed E-state index contributed by atoms with van der Waals surface area (Å²) in [5, 5.41) is 0. The van der Waals surface area contributed by atoms with Crippen molar-refractivity contribution < 1.29 is 28.6 Å². The second-order valence-corrected chi connectivity index (χ2v) is 20.2. The van der Waals surface area contributed by atoms with E-state index in [0.29, 0.717) is 19.3 Å². The van der Waals surface area contributed by atoms with Crippen molar-refractivity contribution in [3.05, 3.63) is 60.8 Å². The fourth-order valence-corrected chi connectivity index (χ4v) is 8.72.